The van der Waals surface area contributed by atoms with Crippen LogP contribution in [0.15, 0.2) is 12.1 Å². The first-order chi connectivity index (χ1) is 7.59. The smallest absolute Gasteiger partial charge is 0.0513 e. The van der Waals surface area contributed by atoms with Crippen LogP contribution in [-0.4, -0.2) is 13.2 Å². The lowest BCUT2D eigenvalue weighted by Crippen LogP contribution is -2.23. The van der Waals surface area contributed by atoms with Gasteiger partial charge in [0.15, 0.2) is 0 Å². The molecule has 1 saturated heterocycles. The number of rotatable bonds is 2. The summed E-state index contributed by atoms with van der Waals surface area (Å²) in [7, 11) is 0. The predicted octanol–water partition coefficient (Wildman–Crippen LogP) is 2.65. The normalized spacial score (nSPS) is 22.4. The van der Waals surface area contributed by atoms with Crippen LogP contribution in [-0.2, 0) is 4.74 Å². The summed E-state index contributed by atoms with van der Waals surface area (Å²) in [6, 6.07) is 4.57. The lowest BCUT2D eigenvalue weighted by atomic mass is 9.87. The van der Waals surface area contributed by atoms with Gasteiger partial charge < -0.3 is 10.5 Å². The molecule has 1 aliphatic heterocycles. The molecule has 1 aromatic carbocycles. The van der Waals surface area contributed by atoms with Gasteiger partial charge in [-0.1, -0.05) is 17.7 Å². The van der Waals surface area contributed by atoms with E-state index >= 15 is 0 Å². The fraction of sp³-hybridized carbons (Fsp3) is 0.571. The van der Waals surface area contributed by atoms with Gasteiger partial charge in [-0.05, 0) is 43.9 Å². The Morgan fingerprint density at radius 2 is 1.88 bits per heavy atom. The van der Waals surface area contributed by atoms with Gasteiger partial charge in [0.05, 0.1) is 6.61 Å². The molecule has 1 fully saturated rings. The highest BCUT2D eigenvalue weighted by Crippen LogP contribution is 2.31. The minimum atomic E-state index is 0.128. The number of hydrogen-bond donors (Lipinski definition) is 1. The van der Waals surface area contributed by atoms with Crippen LogP contribution in [0, 0.1) is 26.7 Å². The average molecular weight is 219 g/mol. The van der Waals surface area contributed by atoms with Crippen molar-refractivity contribution < 1.29 is 4.74 Å². The molecule has 0 amide bonds. The zero-order valence-electron chi connectivity index (χ0n) is 10.4. The minimum Gasteiger partial charge on any atom is -0.381 e. The van der Waals surface area contributed by atoms with Crippen LogP contribution in [0.5, 0.6) is 0 Å². The van der Waals surface area contributed by atoms with Gasteiger partial charge in [0.2, 0.25) is 0 Å². The molecule has 88 valence electrons. The highest BCUT2D eigenvalue weighted by molar-refractivity contribution is 5.39. The Morgan fingerprint density at radius 1 is 1.25 bits per heavy atom. The van der Waals surface area contributed by atoms with Gasteiger partial charge in [-0.25, -0.2) is 0 Å². The van der Waals surface area contributed by atoms with Crippen LogP contribution < -0.4 is 5.73 Å². The molecular formula is C14H21NO. The summed E-state index contributed by atoms with van der Waals surface area (Å²) in [4.78, 5) is 0. The van der Waals surface area contributed by atoms with Crippen LogP contribution in [0.25, 0.3) is 0 Å². The van der Waals surface area contributed by atoms with Crippen LogP contribution in [0.2, 0.25) is 0 Å². The van der Waals surface area contributed by atoms with Gasteiger partial charge in [0.25, 0.3) is 0 Å². The van der Waals surface area contributed by atoms with Crippen LogP contribution in [0.1, 0.15) is 34.7 Å². The first-order valence-electron chi connectivity index (χ1n) is 6.00. The lowest BCUT2D eigenvalue weighted by Gasteiger charge is -2.22. The molecule has 2 atom stereocenters. The number of ether oxygens (including phenoxy) is 1. The molecule has 0 radical (unpaired) electrons. The van der Waals surface area contributed by atoms with E-state index in [0.29, 0.717) is 5.92 Å². The zero-order valence-corrected chi connectivity index (χ0v) is 10.4. The van der Waals surface area contributed by atoms with Crippen molar-refractivity contribution in [3.8, 4) is 0 Å². The van der Waals surface area contributed by atoms with Gasteiger partial charge in [-0.3, -0.25) is 0 Å². The summed E-state index contributed by atoms with van der Waals surface area (Å²) >= 11 is 0. The Morgan fingerprint density at radius 3 is 2.38 bits per heavy atom. The van der Waals surface area contributed by atoms with Crippen molar-refractivity contribution in [2.45, 2.75) is 33.2 Å². The van der Waals surface area contributed by atoms with Crippen molar-refractivity contribution in [3.63, 3.8) is 0 Å². The molecule has 2 nitrogen and oxygen atoms in total. The molecular weight excluding hydrogens is 198 g/mol. The van der Waals surface area contributed by atoms with Crippen LogP contribution >= 0.6 is 0 Å². The number of hydrogen-bond acceptors (Lipinski definition) is 2. The molecule has 2 unspecified atom stereocenters. The van der Waals surface area contributed by atoms with E-state index in [9.17, 15) is 0 Å². The summed E-state index contributed by atoms with van der Waals surface area (Å²) in [6.07, 6.45) is 1.09. The Bertz CT molecular complexity index is 357. The molecule has 16 heavy (non-hydrogen) atoms. The summed E-state index contributed by atoms with van der Waals surface area (Å²) in [5.41, 5.74) is 11.6. The van der Waals surface area contributed by atoms with Crippen molar-refractivity contribution in [1.82, 2.24) is 0 Å². The second-order valence-electron chi connectivity index (χ2n) is 4.96. The van der Waals surface area contributed by atoms with E-state index in [-0.39, 0.29) is 6.04 Å². The molecule has 0 saturated carbocycles. The monoisotopic (exact) mass is 219 g/mol. The number of nitrogens with two attached hydrogens (primary N) is 1. The van der Waals surface area contributed by atoms with Crippen molar-refractivity contribution in [3.05, 3.63) is 34.4 Å². The molecule has 1 aromatic rings. The van der Waals surface area contributed by atoms with E-state index in [2.05, 4.69) is 32.9 Å². The van der Waals surface area contributed by atoms with E-state index < -0.39 is 0 Å². The molecule has 2 heteroatoms. The standard InChI is InChI=1S/C14H21NO/c1-9-6-10(2)13(11(3)7-9)14(15)12-4-5-16-8-12/h6-7,12,14H,4-5,8,15H2,1-3H3. The number of benzene rings is 1. The molecule has 1 heterocycles. The topological polar surface area (TPSA) is 35.2 Å². The lowest BCUT2D eigenvalue weighted by molar-refractivity contribution is 0.181. The highest BCUT2D eigenvalue weighted by Gasteiger charge is 2.26. The third-order valence-electron chi connectivity index (χ3n) is 3.54. The maximum absolute atomic E-state index is 6.37. The van der Waals surface area contributed by atoms with Gasteiger partial charge in [-0.15, -0.1) is 0 Å². The summed E-state index contributed by atoms with van der Waals surface area (Å²) < 4.78 is 5.42. The first kappa shape index (κ1) is 11.6. The quantitative estimate of drug-likeness (QED) is 0.830. The average Bonchev–Trinajstić information content (AvgIpc) is 2.67. The Hall–Kier alpha value is -0.860. The van der Waals surface area contributed by atoms with Gasteiger partial charge in [0.1, 0.15) is 0 Å². The molecule has 2 rings (SSSR count). The van der Waals surface area contributed by atoms with Crippen LogP contribution in [0.3, 0.4) is 0 Å². The zero-order chi connectivity index (χ0) is 11.7. The van der Waals surface area contributed by atoms with Crippen LogP contribution in [0.4, 0.5) is 0 Å². The van der Waals surface area contributed by atoms with E-state index in [1.807, 2.05) is 0 Å². The third-order valence-corrected chi connectivity index (χ3v) is 3.54. The molecule has 0 aromatic heterocycles. The first-order valence-corrected chi connectivity index (χ1v) is 6.00. The molecule has 2 N–H and O–H groups in total. The molecule has 0 aliphatic carbocycles. The minimum absolute atomic E-state index is 0.128. The second kappa shape index (κ2) is 4.56. The van der Waals surface area contributed by atoms with Gasteiger partial charge in [-0.2, -0.15) is 0 Å². The maximum atomic E-state index is 6.37. The summed E-state index contributed by atoms with van der Waals surface area (Å²) in [6.45, 7) is 8.13. The predicted molar refractivity (Wildman–Crippen MR) is 66.5 cm³/mol. The molecule has 1 aliphatic rings. The van der Waals surface area contributed by atoms with Gasteiger partial charge in [0, 0.05) is 18.6 Å². The summed E-state index contributed by atoms with van der Waals surface area (Å²) in [5, 5.41) is 0. The van der Waals surface area contributed by atoms with E-state index in [4.69, 9.17) is 10.5 Å². The van der Waals surface area contributed by atoms with E-state index in [1.165, 1.54) is 22.3 Å². The Labute approximate surface area is 97.8 Å². The van der Waals surface area contributed by atoms with Crippen molar-refractivity contribution in [2.75, 3.05) is 13.2 Å². The molecule has 0 bridgehead atoms. The fourth-order valence-corrected chi connectivity index (χ4v) is 2.79. The fourth-order valence-electron chi connectivity index (χ4n) is 2.79. The highest BCUT2D eigenvalue weighted by atomic mass is 16.5. The maximum Gasteiger partial charge on any atom is 0.0513 e. The Kier molecular flexibility index (Phi) is 3.31. The largest absolute Gasteiger partial charge is 0.381 e. The van der Waals surface area contributed by atoms with E-state index in [1.54, 1.807) is 0 Å². The Balaban J connectivity index is 2.31. The summed E-state index contributed by atoms with van der Waals surface area (Å²) in [5.74, 6) is 0.486. The number of aryl methyl sites for hydroxylation is 3. The third kappa shape index (κ3) is 2.13. The van der Waals surface area contributed by atoms with Crippen molar-refractivity contribution in [2.24, 2.45) is 11.7 Å². The van der Waals surface area contributed by atoms with E-state index in [0.717, 1.165) is 19.6 Å². The molecule has 0 spiro atoms. The second-order valence-corrected chi connectivity index (χ2v) is 4.96. The van der Waals surface area contributed by atoms with Crippen molar-refractivity contribution in [1.29, 1.82) is 0 Å². The van der Waals surface area contributed by atoms with Gasteiger partial charge >= 0.3 is 0 Å². The van der Waals surface area contributed by atoms with Crippen molar-refractivity contribution >= 4 is 0 Å². The SMILES string of the molecule is Cc1cc(C)c(C(N)C2CCOC2)c(C)c1.